The fourth-order valence-corrected chi connectivity index (χ4v) is 6.18. The smallest absolute Gasteiger partial charge is 0.265 e. The Labute approximate surface area is 215 Å². The lowest BCUT2D eigenvalue weighted by Gasteiger charge is -2.38. The molecule has 7 heteroatoms. The first kappa shape index (κ1) is 23.9. The van der Waals surface area contributed by atoms with E-state index in [1.165, 1.54) is 18.4 Å². The fourth-order valence-electron chi connectivity index (χ4n) is 4.54. The molecular weight excluding hydrogens is 482 g/mol. The molecule has 1 aliphatic heterocycles. The number of nitriles is 2. The molecule has 1 atom stereocenters. The highest BCUT2D eigenvalue weighted by molar-refractivity contribution is 7.89. The van der Waals surface area contributed by atoms with Crippen molar-refractivity contribution < 1.29 is 12.8 Å². The lowest BCUT2D eigenvalue weighted by molar-refractivity contribution is 0.443. The summed E-state index contributed by atoms with van der Waals surface area (Å²) in [6.45, 7) is 1.87. The van der Waals surface area contributed by atoms with Gasteiger partial charge in [0, 0.05) is 5.57 Å². The van der Waals surface area contributed by atoms with Gasteiger partial charge in [-0.05, 0) is 42.3 Å². The minimum Gasteiger partial charge on any atom is -0.463 e. The minimum atomic E-state index is -4.26. The maximum atomic E-state index is 14.4. The number of allylic oxidation sites excluding steroid dienone is 2. The first-order chi connectivity index (χ1) is 18.0. The second kappa shape index (κ2) is 9.66. The molecule has 0 saturated carbocycles. The zero-order chi connectivity index (χ0) is 26.0. The number of rotatable bonds is 5. The molecule has 0 aliphatic carbocycles. The first-order valence-electron chi connectivity index (χ1n) is 11.5. The highest BCUT2D eigenvalue weighted by Crippen LogP contribution is 2.50. The standard InChI is InChI=1S/C30H21N3O3S/c1-21-14-16-24(17-15-21)37(34,35)33-29(23-11-6-3-7-12-23)25(19-31)28(22-9-4-2-5-10-22)26(20-32)30(33)27-13-8-18-36-27/h2-18,29H,1H3. The number of benzene rings is 3. The van der Waals surface area contributed by atoms with Crippen LogP contribution in [-0.4, -0.2) is 12.7 Å². The highest BCUT2D eigenvalue weighted by atomic mass is 32.2. The fraction of sp³-hybridized carbons (Fsp3) is 0.0667. The lowest BCUT2D eigenvalue weighted by Crippen LogP contribution is -2.38. The van der Waals surface area contributed by atoms with Gasteiger partial charge in [-0.25, -0.2) is 12.7 Å². The van der Waals surface area contributed by atoms with E-state index in [1.807, 2.05) is 31.2 Å². The SMILES string of the molecule is Cc1ccc(S(=O)(=O)N2C(c3ccco3)=C(C#N)C(c3ccccc3)=C(C#N)C2c2ccccc2)cc1. The largest absolute Gasteiger partial charge is 0.463 e. The van der Waals surface area contributed by atoms with Crippen LogP contribution in [0.2, 0.25) is 0 Å². The molecule has 5 rings (SSSR count). The van der Waals surface area contributed by atoms with Crippen LogP contribution in [0.3, 0.4) is 0 Å². The van der Waals surface area contributed by atoms with Gasteiger partial charge < -0.3 is 4.42 Å². The van der Waals surface area contributed by atoms with Gasteiger partial charge in [-0.2, -0.15) is 10.5 Å². The van der Waals surface area contributed by atoms with Crippen molar-refractivity contribution in [3.05, 3.63) is 137 Å². The molecule has 0 amide bonds. The molecule has 180 valence electrons. The Morgan fingerprint density at radius 2 is 1.46 bits per heavy atom. The Bertz CT molecular complexity index is 1690. The third-order valence-corrected chi connectivity index (χ3v) is 8.01. The number of hydrogen-bond acceptors (Lipinski definition) is 5. The van der Waals surface area contributed by atoms with Gasteiger partial charge in [-0.1, -0.05) is 78.4 Å². The predicted molar refractivity (Wildman–Crippen MR) is 140 cm³/mol. The molecule has 37 heavy (non-hydrogen) atoms. The number of hydrogen-bond donors (Lipinski definition) is 0. The van der Waals surface area contributed by atoms with Gasteiger partial charge in [0.05, 0.1) is 28.4 Å². The number of nitrogens with zero attached hydrogens (tertiary/aromatic N) is 3. The number of furan rings is 1. The predicted octanol–water partition coefficient (Wildman–Crippen LogP) is 6.25. The molecule has 0 bridgehead atoms. The van der Waals surface area contributed by atoms with E-state index >= 15 is 0 Å². The molecule has 1 unspecified atom stereocenters. The van der Waals surface area contributed by atoms with E-state index in [2.05, 4.69) is 12.1 Å². The second-order valence-electron chi connectivity index (χ2n) is 8.51. The topological polar surface area (TPSA) is 98.1 Å². The van der Waals surface area contributed by atoms with Crippen molar-refractivity contribution in [2.24, 2.45) is 0 Å². The van der Waals surface area contributed by atoms with Crippen molar-refractivity contribution in [2.75, 3.05) is 0 Å². The van der Waals surface area contributed by atoms with Crippen molar-refractivity contribution in [3.8, 4) is 12.1 Å². The van der Waals surface area contributed by atoms with Crippen LogP contribution < -0.4 is 0 Å². The van der Waals surface area contributed by atoms with E-state index < -0.39 is 16.1 Å². The molecule has 6 nitrogen and oxygen atoms in total. The summed E-state index contributed by atoms with van der Waals surface area (Å²) in [6, 6.07) is 31.2. The Morgan fingerprint density at radius 1 is 0.811 bits per heavy atom. The monoisotopic (exact) mass is 503 g/mol. The van der Waals surface area contributed by atoms with Gasteiger partial charge in [-0.15, -0.1) is 0 Å². The van der Waals surface area contributed by atoms with E-state index in [-0.39, 0.29) is 27.5 Å². The molecule has 0 radical (unpaired) electrons. The third kappa shape index (κ3) is 4.12. The summed E-state index contributed by atoms with van der Waals surface area (Å²) >= 11 is 0. The maximum absolute atomic E-state index is 14.4. The summed E-state index contributed by atoms with van der Waals surface area (Å²) in [5, 5.41) is 20.9. The number of sulfonamides is 1. The molecule has 1 aromatic heterocycles. The Morgan fingerprint density at radius 3 is 2.03 bits per heavy atom. The van der Waals surface area contributed by atoms with Gasteiger partial charge in [0.15, 0.2) is 5.76 Å². The van der Waals surface area contributed by atoms with E-state index in [4.69, 9.17) is 4.42 Å². The Balaban J connectivity index is 1.92. The van der Waals surface area contributed by atoms with Crippen molar-refractivity contribution in [3.63, 3.8) is 0 Å². The summed E-state index contributed by atoms with van der Waals surface area (Å²) in [6.07, 6.45) is 1.43. The van der Waals surface area contributed by atoms with Crippen molar-refractivity contribution in [1.29, 1.82) is 10.5 Å². The van der Waals surface area contributed by atoms with Crippen LogP contribution in [0.4, 0.5) is 0 Å². The van der Waals surface area contributed by atoms with Gasteiger partial charge in [0.1, 0.15) is 17.8 Å². The molecule has 0 saturated heterocycles. The van der Waals surface area contributed by atoms with E-state index in [1.54, 1.807) is 60.7 Å². The van der Waals surface area contributed by atoms with Crippen molar-refractivity contribution >= 4 is 21.3 Å². The molecule has 4 aromatic rings. The van der Waals surface area contributed by atoms with Crippen LogP contribution in [-0.2, 0) is 10.0 Å². The summed E-state index contributed by atoms with van der Waals surface area (Å²) in [5.74, 6) is 0.207. The van der Waals surface area contributed by atoms with Crippen LogP contribution in [0.25, 0.3) is 11.3 Å². The van der Waals surface area contributed by atoms with Gasteiger partial charge in [0.2, 0.25) is 0 Å². The van der Waals surface area contributed by atoms with E-state index in [0.29, 0.717) is 16.7 Å². The molecule has 0 spiro atoms. The van der Waals surface area contributed by atoms with Gasteiger partial charge in [0.25, 0.3) is 10.0 Å². The van der Waals surface area contributed by atoms with Gasteiger partial charge in [-0.3, -0.25) is 0 Å². The van der Waals surface area contributed by atoms with Crippen LogP contribution >= 0.6 is 0 Å². The van der Waals surface area contributed by atoms with Crippen LogP contribution in [0, 0.1) is 29.6 Å². The van der Waals surface area contributed by atoms with Crippen LogP contribution in [0.15, 0.2) is 124 Å². The molecule has 0 fully saturated rings. The number of aryl methyl sites for hydroxylation is 1. The Kier molecular flexibility index (Phi) is 6.23. The summed E-state index contributed by atoms with van der Waals surface area (Å²) < 4.78 is 35.6. The van der Waals surface area contributed by atoms with Crippen molar-refractivity contribution in [2.45, 2.75) is 17.9 Å². The average Bonchev–Trinajstić information content (AvgIpc) is 3.47. The first-order valence-corrected chi connectivity index (χ1v) is 13.0. The molecule has 3 aromatic carbocycles. The molecule has 2 heterocycles. The zero-order valence-electron chi connectivity index (χ0n) is 19.9. The molecule has 0 N–H and O–H groups in total. The normalized spacial score (nSPS) is 15.9. The van der Waals surface area contributed by atoms with Crippen LogP contribution in [0.5, 0.6) is 0 Å². The lowest BCUT2D eigenvalue weighted by atomic mass is 9.83. The third-order valence-electron chi connectivity index (χ3n) is 6.23. The van der Waals surface area contributed by atoms with Crippen LogP contribution in [0.1, 0.15) is 28.5 Å². The highest BCUT2D eigenvalue weighted by Gasteiger charge is 2.45. The van der Waals surface area contributed by atoms with Gasteiger partial charge >= 0.3 is 0 Å². The summed E-state index contributed by atoms with van der Waals surface area (Å²) in [5.41, 5.74) is 2.78. The molecular formula is C30H21N3O3S. The second-order valence-corrected chi connectivity index (χ2v) is 10.3. The van der Waals surface area contributed by atoms with E-state index in [0.717, 1.165) is 9.87 Å². The van der Waals surface area contributed by atoms with Crippen molar-refractivity contribution in [1.82, 2.24) is 4.31 Å². The van der Waals surface area contributed by atoms with E-state index in [9.17, 15) is 18.9 Å². The average molecular weight is 504 g/mol. The minimum absolute atomic E-state index is 0.0422. The zero-order valence-corrected chi connectivity index (χ0v) is 20.7. The Hall–Kier alpha value is -4.85. The molecule has 1 aliphatic rings. The maximum Gasteiger partial charge on any atom is 0.265 e. The quantitative estimate of drug-likeness (QED) is 0.321. The summed E-state index contributed by atoms with van der Waals surface area (Å²) in [7, 11) is -4.26. The summed E-state index contributed by atoms with van der Waals surface area (Å²) in [4.78, 5) is 0.0424.